The van der Waals surface area contributed by atoms with Crippen molar-refractivity contribution in [3.05, 3.63) is 52.8 Å². The molecular formula is C27H25F3N6O4. The predicted octanol–water partition coefficient (Wildman–Crippen LogP) is 3.57. The van der Waals surface area contributed by atoms with Gasteiger partial charge in [-0.15, -0.1) is 0 Å². The highest BCUT2D eigenvalue weighted by atomic mass is 19.4. The van der Waals surface area contributed by atoms with Gasteiger partial charge in [-0.25, -0.2) is 4.99 Å². The lowest BCUT2D eigenvalue weighted by molar-refractivity contribution is -0.166. The Morgan fingerprint density at radius 2 is 2.08 bits per heavy atom. The van der Waals surface area contributed by atoms with Crippen molar-refractivity contribution in [2.45, 2.75) is 38.5 Å². The van der Waals surface area contributed by atoms with E-state index in [0.717, 1.165) is 5.56 Å². The van der Waals surface area contributed by atoms with Gasteiger partial charge in [0.15, 0.2) is 0 Å². The fraction of sp³-hybridized carbons (Fsp3) is 0.444. The quantitative estimate of drug-likeness (QED) is 0.595. The van der Waals surface area contributed by atoms with Crippen molar-refractivity contribution in [2.75, 3.05) is 13.1 Å². The number of azo groups is 1. The molecule has 1 aromatic heterocycles. The van der Waals surface area contributed by atoms with Gasteiger partial charge in [-0.1, -0.05) is 18.2 Å². The number of carboxylic acid groups (broad SMARTS) is 1. The number of halogens is 3. The Morgan fingerprint density at radius 1 is 1.27 bits per heavy atom. The van der Waals surface area contributed by atoms with Crippen molar-refractivity contribution < 1.29 is 32.7 Å². The van der Waals surface area contributed by atoms with Gasteiger partial charge in [-0.2, -0.15) is 28.5 Å². The molecule has 0 saturated heterocycles. The summed E-state index contributed by atoms with van der Waals surface area (Å²) < 4.78 is 41.2. The molecule has 5 atom stereocenters. The van der Waals surface area contributed by atoms with Gasteiger partial charge >= 0.3 is 12.1 Å². The van der Waals surface area contributed by atoms with Gasteiger partial charge in [-0.3, -0.25) is 19.5 Å². The molecule has 0 saturated carbocycles. The standard InChI is InChI=1S/C27H25F3N6O4/c1-12-6-14-7-15(25(38)36(11-27(28,29)30)10-18(14)16-8-32-35-23(12)16)22(26(39)40)24-21-13(3-5-20(37)33-24)2-4-19-17(21)9-31-34-19/h2-3,5-6,8,15,17,19,21-22H,4,7,9-11H2,1H3,(H,32,35)(H,39,40)/t15-,17?,19?,21?,22?/m0/s1. The number of aromatic amines is 1. The molecule has 1 aliphatic carbocycles. The smallest absolute Gasteiger partial charge is 0.406 e. The van der Waals surface area contributed by atoms with Crippen LogP contribution in [0.25, 0.3) is 10.9 Å². The van der Waals surface area contributed by atoms with Crippen LogP contribution in [0.5, 0.6) is 0 Å². The summed E-state index contributed by atoms with van der Waals surface area (Å²) in [4.78, 5) is 44.5. The number of benzene rings is 1. The van der Waals surface area contributed by atoms with Crippen molar-refractivity contribution >= 4 is 34.4 Å². The zero-order chi connectivity index (χ0) is 28.3. The van der Waals surface area contributed by atoms with Crippen molar-refractivity contribution in [3.8, 4) is 0 Å². The molecule has 4 aliphatic rings. The van der Waals surface area contributed by atoms with E-state index < -0.39 is 48.3 Å². The number of alkyl halides is 3. The summed E-state index contributed by atoms with van der Waals surface area (Å²) in [6.45, 7) is 0.179. The summed E-state index contributed by atoms with van der Waals surface area (Å²) in [7, 11) is 0. The lowest BCUT2D eigenvalue weighted by Crippen LogP contribution is -2.49. The van der Waals surface area contributed by atoms with Crippen molar-refractivity contribution in [2.24, 2.45) is 38.9 Å². The Labute approximate surface area is 225 Å². The number of nitrogens with one attached hydrogen (secondary N) is 1. The largest absolute Gasteiger partial charge is 0.481 e. The van der Waals surface area contributed by atoms with Crippen molar-refractivity contribution in [3.63, 3.8) is 0 Å². The first-order valence-corrected chi connectivity index (χ1v) is 12.9. The van der Waals surface area contributed by atoms with E-state index in [0.29, 0.717) is 45.5 Å². The third kappa shape index (κ3) is 4.42. The summed E-state index contributed by atoms with van der Waals surface area (Å²) in [5.74, 6) is -7.11. The zero-order valence-corrected chi connectivity index (χ0v) is 21.4. The molecule has 208 valence electrons. The van der Waals surface area contributed by atoms with E-state index in [4.69, 9.17) is 0 Å². The summed E-state index contributed by atoms with van der Waals surface area (Å²) in [6, 6.07) is 1.52. The van der Waals surface area contributed by atoms with E-state index in [1.54, 1.807) is 19.1 Å². The number of hydrogen-bond donors (Lipinski definition) is 2. The number of carbonyl (C=O) groups is 3. The zero-order valence-electron chi connectivity index (χ0n) is 21.4. The number of rotatable bonds is 4. The Kier molecular flexibility index (Phi) is 6.19. The van der Waals surface area contributed by atoms with Gasteiger partial charge in [-0.05, 0) is 42.0 Å². The molecule has 13 heteroatoms. The number of carbonyl (C=O) groups excluding carboxylic acids is 2. The third-order valence-electron chi connectivity index (χ3n) is 8.29. The summed E-state index contributed by atoms with van der Waals surface area (Å²) >= 11 is 0. The molecule has 2 aromatic rings. The number of carboxylic acids is 1. The van der Waals surface area contributed by atoms with Crippen LogP contribution in [0.3, 0.4) is 0 Å². The molecule has 4 heterocycles. The van der Waals surface area contributed by atoms with Crippen molar-refractivity contribution in [1.82, 2.24) is 15.1 Å². The first-order valence-electron chi connectivity index (χ1n) is 12.9. The lowest BCUT2D eigenvalue weighted by Gasteiger charge is -2.36. The lowest BCUT2D eigenvalue weighted by atomic mass is 9.68. The van der Waals surface area contributed by atoms with E-state index in [-0.39, 0.29) is 30.6 Å². The number of amides is 2. The number of aromatic nitrogens is 2. The first-order chi connectivity index (χ1) is 19.0. The number of nitrogens with zero attached hydrogens (tertiary/aromatic N) is 5. The monoisotopic (exact) mass is 554 g/mol. The van der Waals surface area contributed by atoms with Crippen LogP contribution in [0.1, 0.15) is 23.1 Å². The number of aliphatic imine (C=N–C) groups is 1. The molecule has 2 N–H and O–H groups in total. The Hall–Kier alpha value is -4.16. The molecule has 4 unspecified atom stereocenters. The van der Waals surface area contributed by atoms with Crippen LogP contribution in [0.2, 0.25) is 0 Å². The molecule has 0 bridgehead atoms. The second-order valence-electron chi connectivity index (χ2n) is 10.7. The number of aryl methyl sites for hydroxylation is 1. The van der Waals surface area contributed by atoms with Gasteiger partial charge in [0.25, 0.3) is 5.91 Å². The number of fused-ring (bicyclic) bond motifs is 6. The second kappa shape index (κ2) is 9.49. The molecule has 3 aliphatic heterocycles. The minimum absolute atomic E-state index is 0.0365. The highest BCUT2D eigenvalue weighted by Gasteiger charge is 2.50. The van der Waals surface area contributed by atoms with Gasteiger partial charge in [0.2, 0.25) is 5.91 Å². The molecule has 0 radical (unpaired) electrons. The first kappa shape index (κ1) is 26.1. The molecule has 0 fully saturated rings. The Balaban J connectivity index is 1.51. The summed E-state index contributed by atoms with van der Waals surface area (Å²) in [5.41, 5.74) is 3.07. The summed E-state index contributed by atoms with van der Waals surface area (Å²) in [5, 5.41) is 26.4. The van der Waals surface area contributed by atoms with Crippen LogP contribution < -0.4 is 0 Å². The number of hydrogen-bond acceptors (Lipinski definition) is 6. The van der Waals surface area contributed by atoms with Gasteiger partial charge in [0.05, 0.1) is 30.2 Å². The van der Waals surface area contributed by atoms with Crippen LogP contribution in [0.4, 0.5) is 13.2 Å². The predicted molar refractivity (Wildman–Crippen MR) is 135 cm³/mol. The third-order valence-corrected chi connectivity index (χ3v) is 8.29. The highest BCUT2D eigenvalue weighted by Crippen LogP contribution is 2.43. The maximum Gasteiger partial charge on any atom is 0.406 e. The van der Waals surface area contributed by atoms with Gasteiger partial charge in [0.1, 0.15) is 12.5 Å². The van der Waals surface area contributed by atoms with Crippen molar-refractivity contribution in [1.29, 1.82) is 0 Å². The van der Waals surface area contributed by atoms with E-state index in [1.807, 2.05) is 6.08 Å². The minimum Gasteiger partial charge on any atom is -0.481 e. The molecule has 40 heavy (non-hydrogen) atoms. The maximum absolute atomic E-state index is 13.9. The molecule has 0 spiro atoms. The number of aliphatic carboxylic acids is 1. The SMILES string of the molecule is Cc1cc2c(c3cn[nH]c13)CN(CC(F)(F)F)C(=O)[C@H](C(C(=O)O)C1=NC(=O)C=CC3=CCC4N=NCC4C31)C2. The Morgan fingerprint density at radius 3 is 2.83 bits per heavy atom. The van der Waals surface area contributed by atoms with Crippen LogP contribution in [0, 0.1) is 30.6 Å². The average molecular weight is 555 g/mol. The van der Waals surface area contributed by atoms with Crippen LogP contribution in [-0.4, -0.2) is 69.0 Å². The molecule has 10 nitrogen and oxygen atoms in total. The van der Waals surface area contributed by atoms with Crippen LogP contribution in [0.15, 0.2) is 51.3 Å². The van der Waals surface area contributed by atoms with Gasteiger partial charge in [0, 0.05) is 35.6 Å². The topological polar surface area (TPSA) is 140 Å². The second-order valence-corrected chi connectivity index (χ2v) is 10.7. The molecule has 2 amide bonds. The fourth-order valence-corrected chi connectivity index (χ4v) is 6.58. The molecule has 1 aromatic carbocycles. The molecule has 6 rings (SSSR count). The van der Waals surface area contributed by atoms with Gasteiger partial charge < -0.3 is 10.0 Å². The maximum atomic E-state index is 13.9. The van der Waals surface area contributed by atoms with E-state index in [9.17, 15) is 32.7 Å². The fourth-order valence-electron chi connectivity index (χ4n) is 6.58. The number of allylic oxidation sites excluding steroid dienone is 2. The summed E-state index contributed by atoms with van der Waals surface area (Å²) in [6.07, 6.45) is 1.89. The average Bonchev–Trinajstić information content (AvgIpc) is 3.51. The van der Waals surface area contributed by atoms with Crippen LogP contribution in [-0.2, 0) is 27.3 Å². The minimum atomic E-state index is -4.72. The van der Waals surface area contributed by atoms with E-state index >= 15 is 0 Å². The normalized spacial score (nSPS) is 26.9. The van der Waals surface area contributed by atoms with Crippen LogP contribution >= 0.6 is 0 Å². The van der Waals surface area contributed by atoms with E-state index in [1.165, 1.54) is 12.3 Å². The highest BCUT2D eigenvalue weighted by molar-refractivity contribution is 6.13. The Bertz CT molecular complexity index is 1560. The molecular weight excluding hydrogens is 529 g/mol. The number of H-pyrrole nitrogens is 1. The van der Waals surface area contributed by atoms with E-state index in [2.05, 4.69) is 25.4 Å².